The minimum Gasteiger partial charge on any atom is -0.411 e. The summed E-state index contributed by atoms with van der Waals surface area (Å²) in [6, 6.07) is 0. The molecule has 0 saturated carbocycles. The first-order valence-electron chi connectivity index (χ1n) is 6.75. The average Bonchev–Trinajstić information content (AvgIpc) is 2.86. The van der Waals surface area contributed by atoms with E-state index in [9.17, 15) is 9.59 Å². The summed E-state index contributed by atoms with van der Waals surface area (Å²) in [6.07, 6.45) is 3.57. The van der Waals surface area contributed by atoms with Crippen molar-refractivity contribution in [3.63, 3.8) is 0 Å². The van der Waals surface area contributed by atoms with Crippen molar-refractivity contribution in [3.8, 4) is 0 Å². The Balaban J connectivity index is 2.30. The molecule has 114 valence electrons. The lowest BCUT2D eigenvalue weighted by Gasteiger charge is -2.08. The van der Waals surface area contributed by atoms with E-state index in [-0.39, 0.29) is 11.2 Å². The van der Waals surface area contributed by atoms with E-state index >= 15 is 0 Å². The van der Waals surface area contributed by atoms with E-state index in [1.807, 2.05) is 0 Å². The van der Waals surface area contributed by atoms with Crippen molar-refractivity contribution in [1.29, 1.82) is 0 Å². The molecule has 0 fully saturated rings. The molecule has 0 atom stereocenters. The lowest BCUT2D eigenvalue weighted by molar-refractivity contribution is 0.317. The highest BCUT2D eigenvalue weighted by Crippen LogP contribution is 2.04. The van der Waals surface area contributed by atoms with E-state index in [1.165, 1.54) is 15.5 Å². The van der Waals surface area contributed by atoms with Gasteiger partial charge >= 0.3 is 5.69 Å². The molecule has 21 heavy (non-hydrogen) atoms. The Bertz CT molecular complexity index is 796. The van der Waals surface area contributed by atoms with Crippen molar-refractivity contribution in [2.45, 2.75) is 32.7 Å². The fourth-order valence-corrected chi connectivity index (χ4v) is 2.29. The van der Waals surface area contributed by atoms with Crippen LogP contribution in [0.1, 0.15) is 26.2 Å². The fraction of sp³-hybridized carbons (Fsp3) is 0.538. The molecule has 0 aliphatic heterocycles. The van der Waals surface area contributed by atoms with Crippen LogP contribution in [0.15, 0.2) is 21.1 Å². The van der Waals surface area contributed by atoms with Gasteiger partial charge < -0.3 is 9.77 Å². The van der Waals surface area contributed by atoms with E-state index in [0.717, 1.165) is 6.42 Å². The molecule has 1 N–H and O–H groups in total. The largest absolute Gasteiger partial charge is 0.411 e. The van der Waals surface area contributed by atoms with Crippen LogP contribution in [-0.4, -0.2) is 29.6 Å². The van der Waals surface area contributed by atoms with Crippen molar-refractivity contribution >= 4 is 16.9 Å². The van der Waals surface area contributed by atoms with E-state index in [0.29, 0.717) is 36.3 Å². The molecular formula is C13H19N5O3. The van der Waals surface area contributed by atoms with Gasteiger partial charge in [0.15, 0.2) is 11.2 Å². The molecule has 0 aromatic carbocycles. The van der Waals surface area contributed by atoms with Gasteiger partial charge in [-0.25, -0.2) is 9.78 Å². The molecule has 0 unspecified atom stereocenters. The zero-order valence-corrected chi connectivity index (χ0v) is 12.4. The first-order valence-corrected chi connectivity index (χ1v) is 6.75. The Hall–Kier alpha value is -2.38. The second-order valence-electron chi connectivity index (χ2n) is 5.12. The molecule has 2 aromatic rings. The Morgan fingerprint density at radius 1 is 1.33 bits per heavy atom. The number of rotatable bonds is 5. The molecule has 0 bridgehead atoms. The number of imidazole rings is 1. The number of unbranched alkanes of at least 4 members (excludes halogenated alkanes) is 1. The molecule has 8 heteroatoms. The lowest BCUT2D eigenvalue weighted by Crippen LogP contribution is -2.39. The molecule has 8 nitrogen and oxygen atoms in total. The first-order chi connectivity index (χ1) is 9.97. The van der Waals surface area contributed by atoms with Gasteiger partial charge in [-0.15, -0.1) is 0 Å². The highest BCUT2D eigenvalue weighted by atomic mass is 16.4. The van der Waals surface area contributed by atoms with Gasteiger partial charge in [0, 0.05) is 20.6 Å². The van der Waals surface area contributed by atoms with E-state index in [4.69, 9.17) is 5.21 Å². The van der Waals surface area contributed by atoms with Gasteiger partial charge in [0.2, 0.25) is 0 Å². The number of hydrogen-bond acceptors (Lipinski definition) is 5. The lowest BCUT2D eigenvalue weighted by atomic mass is 10.2. The molecule has 0 spiro atoms. The second-order valence-corrected chi connectivity index (χ2v) is 5.12. The van der Waals surface area contributed by atoms with Gasteiger partial charge in [0.25, 0.3) is 5.56 Å². The van der Waals surface area contributed by atoms with Crippen LogP contribution in [0.4, 0.5) is 0 Å². The van der Waals surface area contributed by atoms with Crippen LogP contribution in [0.25, 0.3) is 11.2 Å². The molecule has 0 radical (unpaired) electrons. The summed E-state index contributed by atoms with van der Waals surface area (Å²) in [5.74, 6) is 0. The summed E-state index contributed by atoms with van der Waals surface area (Å²) in [4.78, 5) is 28.7. The number of nitrogens with zero attached hydrogens (tertiary/aromatic N) is 5. The summed E-state index contributed by atoms with van der Waals surface area (Å²) in [6.45, 7) is 2.07. The number of hydrogen-bond donors (Lipinski definition) is 1. The van der Waals surface area contributed by atoms with Gasteiger partial charge in [0.05, 0.1) is 12.0 Å². The van der Waals surface area contributed by atoms with Crippen LogP contribution in [0.5, 0.6) is 0 Å². The number of aromatic nitrogens is 4. The topological polar surface area (TPSA) is 94.4 Å². The average molecular weight is 293 g/mol. The highest BCUT2D eigenvalue weighted by molar-refractivity contribution is 5.81. The third kappa shape index (κ3) is 2.74. The van der Waals surface area contributed by atoms with Crippen molar-refractivity contribution in [2.24, 2.45) is 19.3 Å². The minimum atomic E-state index is -0.362. The summed E-state index contributed by atoms with van der Waals surface area (Å²) >= 11 is 0. The zero-order valence-electron chi connectivity index (χ0n) is 12.4. The molecule has 0 aliphatic rings. The van der Waals surface area contributed by atoms with Crippen molar-refractivity contribution in [2.75, 3.05) is 0 Å². The molecule has 2 heterocycles. The minimum absolute atomic E-state index is 0.319. The molecule has 2 aromatic heterocycles. The van der Waals surface area contributed by atoms with Crippen LogP contribution in [0.2, 0.25) is 0 Å². The Morgan fingerprint density at radius 3 is 2.71 bits per heavy atom. The Kier molecular flexibility index (Phi) is 4.25. The molecule has 0 aliphatic carbocycles. The number of aryl methyl sites for hydroxylation is 2. The molecular weight excluding hydrogens is 274 g/mol. The van der Waals surface area contributed by atoms with Gasteiger partial charge in [-0.2, -0.15) is 0 Å². The quantitative estimate of drug-likeness (QED) is 0.375. The van der Waals surface area contributed by atoms with Gasteiger partial charge in [-0.05, 0) is 26.2 Å². The zero-order chi connectivity index (χ0) is 15.6. The molecule has 0 saturated heterocycles. The summed E-state index contributed by atoms with van der Waals surface area (Å²) in [7, 11) is 3.34. The van der Waals surface area contributed by atoms with Crippen molar-refractivity contribution in [1.82, 2.24) is 18.7 Å². The maximum atomic E-state index is 12.4. The highest BCUT2D eigenvalue weighted by Gasteiger charge is 2.14. The third-order valence-corrected chi connectivity index (χ3v) is 3.54. The SMILES string of the molecule is C/C(CCCCn1c(=O)c2c(ncn2C)n(C)c1=O)=N/O. The second kappa shape index (κ2) is 5.94. The Labute approximate surface area is 120 Å². The van der Waals surface area contributed by atoms with E-state index in [1.54, 1.807) is 25.6 Å². The van der Waals surface area contributed by atoms with Crippen LogP contribution in [0.3, 0.4) is 0 Å². The monoisotopic (exact) mass is 293 g/mol. The van der Waals surface area contributed by atoms with Crippen LogP contribution in [0, 0.1) is 0 Å². The normalized spacial score (nSPS) is 12.2. The fourth-order valence-electron chi connectivity index (χ4n) is 2.29. The smallest absolute Gasteiger partial charge is 0.332 e. The maximum Gasteiger partial charge on any atom is 0.332 e. The summed E-state index contributed by atoms with van der Waals surface area (Å²) in [5.41, 5.74) is 0.772. The molecule has 0 amide bonds. The van der Waals surface area contributed by atoms with Crippen LogP contribution < -0.4 is 11.2 Å². The third-order valence-electron chi connectivity index (χ3n) is 3.54. The van der Waals surface area contributed by atoms with Crippen LogP contribution in [-0.2, 0) is 20.6 Å². The van der Waals surface area contributed by atoms with Gasteiger partial charge in [0.1, 0.15) is 0 Å². The number of oxime groups is 1. The van der Waals surface area contributed by atoms with Gasteiger partial charge in [-0.1, -0.05) is 5.16 Å². The first kappa shape index (κ1) is 15.0. The predicted octanol–water partition coefficient (Wildman–Crippen LogP) is 0.454. The maximum absolute atomic E-state index is 12.4. The van der Waals surface area contributed by atoms with Crippen LogP contribution >= 0.6 is 0 Å². The van der Waals surface area contributed by atoms with Gasteiger partial charge in [-0.3, -0.25) is 13.9 Å². The standard InChI is InChI=1S/C13H19N5O3/c1-9(15-21)6-4-5-7-18-12(19)10-11(14-8-16(10)2)17(3)13(18)20/h8,21H,4-7H2,1-3H3/b15-9-. The number of fused-ring (bicyclic) bond motifs is 1. The van der Waals surface area contributed by atoms with Crippen molar-refractivity contribution in [3.05, 3.63) is 27.2 Å². The van der Waals surface area contributed by atoms with Crippen molar-refractivity contribution < 1.29 is 5.21 Å². The molecule has 2 rings (SSSR count). The Morgan fingerprint density at radius 2 is 2.05 bits per heavy atom. The van der Waals surface area contributed by atoms with E-state index in [2.05, 4.69) is 10.1 Å². The predicted molar refractivity (Wildman–Crippen MR) is 79.0 cm³/mol. The summed E-state index contributed by atoms with van der Waals surface area (Å²) in [5, 5.41) is 11.7. The summed E-state index contributed by atoms with van der Waals surface area (Å²) < 4.78 is 4.24. The van der Waals surface area contributed by atoms with E-state index < -0.39 is 0 Å².